The van der Waals surface area contributed by atoms with E-state index in [1.807, 2.05) is 19.2 Å². The monoisotopic (exact) mass is 359 g/mol. The van der Waals surface area contributed by atoms with E-state index >= 15 is 0 Å². The summed E-state index contributed by atoms with van der Waals surface area (Å²) in [5.41, 5.74) is 5.54. The molecule has 0 aliphatic heterocycles. The average Bonchev–Trinajstić information content (AvgIpc) is 2.73. The number of fused-ring (bicyclic) bond motifs is 1. The molecule has 0 bridgehead atoms. The molecule has 0 fully saturated rings. The number of allylic oxidation sites excluding steroid dienone is 1. The third kappa shape index (κ3) is 4.46. The van der Waals surface area contributed by atoms with E-state index in [1.165, 1.54) is 16.7 Å². The van der Waals surface area contributed by atoms with Crippen molar-refractivity contribution in [2.45, 2.75) is 65.7 Å². The Balaban J connectivity index is 2.40. The maximum atomic E-state index is 13.0. The smallest absolute Gasteiger partial charge is 0.307 e. The van der Waals surface area contributed by atoms with Crippen molar-refractivity contribution in [1.82, 2.24) is 4.98 Å². The van der Waals surface area contributed by atoms with Crippen LogP contribution in [0.1, 0.15) is 54.7 Å². The third-order valence-electron chi connectivity index (χ3n) is 4.06. The zero-order valence-corrected chi connectivity index (χ0v) is 18.2. The number of carbonyl (C=O) groups excluding carboxylic acids is 1. The highest BCUT2D eigenvalue weighted by molar-refractivity contribution is 6.77. The average molecular weight is 360 g/mol. The van der Waals surface area contributed by atoms with Crippen molar-refractivity contribution in [3.63, 3.8) is 0 Å². The van der Waals surface area contributed by atoms with E-state index in [1.54, 1.807) is 0 Å². The Morgan fingerprint density at radius 2 is 1.88 bits per heavy atom. The second kappa shape index (κ2) is 6.61. The van der Waals surface area contributed by atoms with Gasteiger partial charge in [0.2, 0.25) is 0 Å². The molecule has 1 aliphatic carbocycles. The maximum Gasteiger partial charge on any atom is 0.307 e. The summed E-state index contributed by atoms with van der Waals surface area (Å²) in [6.07, 6.45) is 3.04. The molecule has 0 spiro atoms. The molecule has 0 saturated carbocycles. The lowest BCUT2D eigenvalue weighted by molar-refractivity contribution is 0.0969. The zero-order chi connectivity index (χ0) is 18.3. The van der Waals surface area contributed by atoms with Gasteiger partial charge >= 0.3 is 8.48 Å². The van der Waals surface area contributed by atoms with Crippen LogP contribution in [0.15, 0.2) is 17.7 Å². The molecule has 0 saturated heterocycles. The van der Waals surface area contributed by atoms with Crippen LogP contribution < -0.4 is 4.98 Å². The number of hydrogen-bond acceptors (Lipinski definition) is 2. The molecular weight excluding hydrogens is 330 g/mol. The van der Waals surface area contributed by atoms with Crippen molar-refractivity contribution in [2.24, 2.45) is 0 Å². The highest BCUT2D eigenvalue weighted by Crippen LogP contribution is 2.33. The van der Waals surface area contributed by atoms with E-state index in [4.69, 9.17) is 4.12 Å². The molecule has 3 nitrogen and oxygen atoms in total. The van der Waals surface area contributed by atoms with Gasteiger partial charge in [-0.05, 0) is 67.7 Å². The van der Waals surface area contributed by atoms with Crippen LogP contribution in [0, 0.1) is 0 Å². The van der Waals surface area contributed by atoms with Gasteiger partial charge in [-0.3, -0.25) is 9.78 Å². The second-order valence-corrected chi connectivity index (χ2v) is 14.1. The van der Waals surface area contributed by atoms with Crippen molar-refractivity contribution in [3.05, 3.63) is 40.0 Å². The summed E-state index contributed by atoms with van der Waals surface area (Å²) in [4.78, 5) is 17.5. The van der Waals surface area contributed by atoms with Crippen molar-refractivity contribution in [3.8, 4) is 0 Å². The third-order valence-corrected chi connectivity index (χ3v) is 8.44. The molecule has 0 N–H and O–H groups in total. The van der Waals surface area contributed by atoms with Gasteiger partial charge < -0.3 is 4.12 Å². The minimum absolute atomic E-state index is 0.000837. The van der Waals surface area contributed by atoms with Crippen molar-refractivity contribution < 1.29 is 8.91 Å². The molecule has 1 aliphatic rings. The van der Waals surface area contributed by atoms with Gasteiger partial charge in [0.1, 0.15) is 0 Å². The molecule has 130 valence electrons. The van der Waals surface area contributed by atoms with Crippen LogP contribution in [0.3, 0.4) is 0 Å². The molecule has 2 rings (SSSR count). The first-order valence-electron chi connectivity index (χ1n) is 8.50. The largest absolute Gasteiger partial charge is 0.440 e. The molecule has 1 amide bonds. The predicted octanol–water partition coefficient (Wildman–Crippen LogP) is 4.66. The first-order chi connectivity index (χ1) is 10.9. The lowest BCUT2D eigenvalue weighted by atomic mass is 9.83. The highest BCUT2D eigenvalue weighted by Gasteiger charge is 2.32. The summed E-state index contributed by atoms with van der Waals surface area (Å²) >= 11 is 0. The van der Waals surface area contributed by atoms with Gasteiger partial charge in [0.25, 0.3) is 5.91 Å². The predicted molar refractivity (Wildman–Crippen MR) is 105 cm³/mol. The normalized spacial score (nSPS) is 14.6. The van der Waals surface area contributed by atoms with Crippen LogP contribution in [0.4, 0.5) is 0 Å². The Bertz CT molecular complexity index is 685. The van der Waals surface area contributed by atoms with Gasteiger partial charge in [-0.1, -0.05) is 38.5 Å². The van der Waals surface area contributed by atoms with E-state index in [2.05, 4.69) is 57.9 Å². The fourth-order valence-corrected chi connectivity index (χ4v) is 7.86. The van der Waals surface area contributed by atoms with Gasteiger partial charge in [-0.15, -0.1) is 0 Å². The fraction of sp³-hybridized carbons (Fsp3) is 0.526. The molecule has 0 atom stereocenters. The van der Waals surface area contributed by atoms with Gasteiger partial charge in [0.15, 0.2) is 9.04 Å². The van der Waals surface area contributed by atoms with E-state index < -0.39 is 17.5 Å². The minimum Gasteiger partial charge on any atom is -0.440 e. The maximum absolute atomic E-state index is 13.0. The van der Waals surface area contributed by atoms with E-state index in [-0.39, 0.29) is 11.3 Å². The minimum atomic E-state index is -2.32. The van der Waals surface area contributed by atoms with Crippen LogP contribution in [-0.4, -0.2) is 23.4 Å². The standard InChI is InChI=1S/C19H29NO2Si2/c1-13-9-14-11-15(19(2,3)4)12-17(16(14)10-13)18(21)20-24(7,8)22-23(5)6/h9,11-12H,10H2,1-8H3. The molecule has 5 heteroatoms. The molecule has 0 heterocycles. The van der Waals surface area contributed by atoms with E-state index in [9.17, 15) is 4.79 Å². The Kier molecular flexibility index (Phi) is 5.28. The molecule has 1 aromatic carbocycles. The van der Waals surface area contributed by atoms with Crippen LogP contribution in [0.5, 0.6) is 0 Å². The SMILES string of the molecule is CC1=Cc2cc(C(C)(C)C)cc(C(=O)[N][Si](C)(C)O[Si](C)C)c2C1. The first kappa shape index (κ1) is 19.2. The van der Waals surface area contributed by atoms with Crippen molar-refractivity contribution in [1.29, 1.82) is 0 Å². The Labute approximate surface area is 149 Å². The lowest BCUT2D eigenvalue weighted by Crippen LogP contribution is -2.48. The van der Waals surface area contributed by atoms with E-state index in [0.717, 1.165) is 17.5 Å². The topological polar surface area (TPSA) is 40.4 Å². The summed E-state index contributed by atoms with van der Waals surface area (Å²) in [5, 5.41) is 0. The van der Waals surface area contributed by atoms with Gasteiger partial charge in [-0.2, -0.15) is 0 Å². The van der Waals surface area contributed by atoms with Gasteiger partial charge in [-0.25, -0.2) is 0 Å². The molecule has 2 radical (unpaired) electrons. The Morgan fingerprint density at radius 1 is 1.25 bits per heavy atom. The van der Waals surface area contributed by atoms with Crippen molar-refractivity contribution >= 4 is 29.5 Å². The molecular formula is C19H29NO2Si2. The quantitative estimate of drug-likeness (QED) is 0.734. The number of carbonyl (C=O) groups is 1. The molecule has 1 aromatic rings. The molecule has 0 unspecified atom stereocenters. The number of hydrogen-bond donors (Lipinski definition) is 0. The van der Waals surface area contributed by atoms with Crippen LogP contribution in [-0.2, 0) is 16.0 Å². The number of amides is 1. The number of nitrogens with zero attached hydrogens (tertiary/aromatic N) is 1. The summed E-state index contributed by atoms with van der Waals surface area (Å²) in [6.45, 7) is 16.8. The summed E-state index contributed by atoms with van der Waals surface area (Å²) in [5.74, 6) is -0.111. The van der Waals surface area contributed by atoms with Crippen LogP contribution in [0.2, 0.25) is 26.2 Å². The lowest BCUT2D eigenvalue weighted by Gasteiger charge is -2.25. The molecule has 24 heavy (non-hydrogen) atoms. The Morgan fingerprint density at radius 3 is 2.42 bits per heavy atom. The van der Waals surface area contributed by atoms with Gasteiger partial charge in [0.05, 0.1) is 0 Å². The number of rotatable bonds is 4. The van der Waals surface area contributed by atoms with Crippen LogP contribution >= 0.6 is 0 Å². The Hall–Kier alpha value is -1.18. The molecule has 0 aromatic heterocycles. The summed E-state index contributed by atoms with van der Waals surface area (Å²) < 4.78 is 6.01. The fourth-order valence-electron chi connectivity index (χ4n) is 3.07. The zero-order valence-electron chi connectivity index (χ0n) is 16.2. The van der Waals surface area contributed by atoms with E-state index in [0.29, 0.717) is 0 Å². The first-order valence-corrected chi connectivity index (χ1v) is 13.8. The van der Waals surface area contributed by atoms with Crippen LogP contribution in [0.25, 0.3) is 6.08 Å². The highest BCUT2D eigenvalue weighted by atomic mass is 28.4. The number of benzene rings is 1. The van der Waals surface area contributed by atoms with Gasteiger partial charge in [0, 0.05) is 5.56 Å². The second-order valence-electron chi connectivity index (χ2n) is 8.38. The summed E-state index contributed by atoms with van der Waals surface area (Å²) in [7, 11) is -3.18. The van der Waals surface area contributed by atoms with Crippen molar-refractivity contribution in [2.75, 3.05) is 0 Å². The summed E-state index contributed by atoms with van der Waals surface area (Å²) in [6, 6.07) is 4.27.